The second kappa shape index (κ2) is 7.41. The minimum absolute atomic E-state index is 0.0221. The Bertz CT molecular complexity index is 508. The third-order valence-corrected chi connectivity index (χ3v) is 4.09. The van der Waals surface area contributed by atoms with Gasteiger partial charge in [0.2, 0.25) is 5.91 Å². The molecule has 3 heteroatoms. The van der Waals surface area contributed by atoms with Gasteiger partial charge in [-0.1, -0.05) is 37.3 Å². The van der Waals surface area contributed by atoms with Crippen molar-refractivity contribution in [2.45, 2.75) is 38.1 Å². The lowest BCUT2D eigenvalue weighted by Crippen LogP contribution is -2.35. The monoisotopic (exact) mass is 286 g/mol. The summed E-state index contributed by atoms with van der Waals surface area (Å²) < 4.78 is 0. The predicted molar refractivity (Wildman–Crippen MR) is 87.4 cm³/mol. The van der Waals surface area contributed by atoms with Crippen LogP contribution in [0, 0.1) is 0 Å². The highest BCUT2D eigenvalue weighted by Gasteiger charge is 2.21. The number of hydrogen-bond acceptors (Lipinski definition) is 2. The first-order valence-corrected chi connectivity index (χ1v) is 7.76. The van der Waals surface area contributed by atoms with E-state index in [1.165, 1.54) is 11.1 Å². The summed E-state index contributed by atoms with van der Waals surface area (Å²) in [5, 5.41) is 3.15. The molecule has 0 saturated carbocycles. The smallest absolute Gasteiger partial charge is 0.243 e. The van der Waals surface area contributed by atoms with Crippen molar-refractivity contribution in [3.8, 4) is 0 Å². The van der Waals surface area contributed by atoms with Crippen LogP contribution in [0.25, 0.3) is 0 Å². The van der Waals surface area contributed by atoms with E-state index in [9.17, 15) is 4.79 Å². The summed E-state index contributed by atoms with van der Waals surface area (Å²) >= 11 is 0. The zero-order valence-electron chi connectivity index (χ0n) is 13.3. The van der Waals surface area contributed by atoms with E-state index in [0.717, 1.165) is 25.8 Å². The average Bonchev–Trinajstić information content (AvgIpc) is 2.59. The molecule has 0 aromatic heterocycles. The summed E-state index contributed by atoms with van der Waals surface area (Å²) in [5.41, 5.74) is 2.82. The number of likely N-dealkylation sites (N-methyl/N-ethyl adjacent to an activating group) is 1. The summed E-state index contributed by atoms with van der Waals surface area (Å²) in [7, 11) is 3.98. The lowest BCUT2D eigenvalue weighted by molar-refractivity contribution is -0.117. The van der Waals surface area contributed by atoms with Gasteiger partial charge in [-0.2, -0.15) is 0 Å². The predicted octanol–water partition coefficient (Wildman–Crippen LogP) is 2.73. The summed E-state index contributed by atoms with van der Waals surface area (Å²) in [6.07, 6.45) is 6.67. The fourth-order valence-electron chi connectivity index (χ4n) is 2.92. The van der Waals surface area contributed by atoms with Gasteiger partial charge in [-0.25, -0.2) is 0 Å². The van der Waals surface area contributed by atoms with Gasteiger partial charge in [0.25, 0.3) is 0 Å². The highest BCUT2D eigenvalue weighted by molar-refractivity contribution is 5.87. The molecule has 1 aliphatic carbocycles. The van der Waals surface area contributed by atoms with Gasteiger partial charge >= 0.3 is 0 Å². The van der Waals surface area contributed by atoms with Gasteiger partial charge < -0.3 is 10.2 Å². The van der Waals surface area contributed by atoms with Gasteiger partial charge in [-0.15, -0.1) is 0 Å². The molecule has 0 spiro atoms. The molecule has 0 radical (unpaired) electrons. The topological polar surface area (TPSA) is 32.3 Å². The number of rotatable bonds is 4. The maximum atomic E-state index is 12.0. The number of hydrogen-bond donors (Lipinski definition) is 1. The number of amides is 1. The Morgan fingerprint density at radius 1 is 1.33 bits per heavy atom. The Labute approximate surface area is 128 Å². The summed E-state index contributed by atoms with van der Waals surface area (Å²) in [5.74, 6) is 0.598. The van der Waals surface area contributed by atoms with Crippen LogP contribution in [0.15, 0.2) is 36.4 Å². The second-order valence-corrected chi connectivity index (χ2v) is 6.25. The third-order valence-electron chi connectivity index (χ3n) is 4.09. The van der Waals surface area contributed by atoms with E-state index in [0.29, 0.717) is 5.92 Å². The van der Waals surface area contributed by atoms with Crippen molar-refractivity contribution in [3.05, 3.63) is 47.5 Å². The van der Waals surface area contributed by atoms with Gasteiger partial charge in [0.1, 0.15) is 0 Å². The molecule has 114 valence electrons. The minimum Gasteiger partial charge on any atom is -0.349 e. The van der Waals surface area contributed by atoms with Crippen LogP contribution in [0.2, 0.25) is 0 Å². The van der Waals surface area contributed by atoms with Crippen LogP contribution in [0.5, 0.6) is 0 Å². The maximum absolute atomic E-state index is 12.0. The number of fused-ring (bicyclic) bond motifs is 1. The SMILES string of the molecule is CC1CCC(NC(=O)/C=C/CN(C)C)Cc2ccccc21. The first-order chi connectivity index (χ1) is 10.1. The molecule has 0 aliphatic heterocycles. The zero-order chi connectivity index (χ0) is 15.2. The molecule has 1 aromatic rings. The lowest BCUT2D eigenvalue weighted by atomic mass is 9.95. The molecule has 21 heavy (non-hydrogen) atoms. The van der Waals surface area contributed by atoms with Crippen LogP contribution in [0.1, 0.15) is 36.8 Å². The van der Waals surface area contributed by atoms with Crippen LogP contribution < -0.4 is 5.32 Å². The lowest BCUT2D eigenvalue weighted by Gasteiger charge is -2.15. The Morgan fingerprint density at radius 2 is 2.10 bits per heavy atom. The number of carbonyl (C=O) groups excluding carboxylic acids is 1. The number of benzene rings is 1. The van der Waals surface area contributed by atoms with E-state index in [1.54, 1.807) is 6.08 Å². The molecule has 0 saturated heterocycles. The van der Waals surface area contributed by atoms with Crippen LogP contribution >= 0.6 is 0 Å². The van der Waals surface area contributed by atoms with Gasteiger partial charge in [0.05, 0.1) is 0 Å². The van der Waals surface area contributed by atoms with Crippen molar-refractivity contribution >= 4 is 5.91 Å². The molecule has 3 nitrogen and oxygen atoms in total. The quantitative estimate of drug-likeness (QED) is 0.682. The van der Waals surface area contributed by atoms with Crippen molar-refractivity contribution in [3.63, 3.8) is 0 Å². The maximum Gasteiger partial charge on any atom is 0.243 e. The fraction of sp³-hybridized carbons (Fsp3) is 0.500. The van der Waals surface area contributed by atoms with Crippen molar-refractivity contribution in [2.75, 3.05) is 20.6 Å². The van der Waals surface area contributed by atoms with E-state index in [2.05, 4.69) is 36.5 Å². The molecular weight excluding hydrogens is 260 g/mol. The number of nitrogens with zero attached hydrogens (tertiary/aromatic N) is 1. The van der Waals surface area contributed by atoms with Gasteiger partial charge in [-0.05, 0) is 50.4 Å². The normalized spacial score (nSPS) is 22.1. The number of carbonyl (C=O) groups is 1. The van der Waals surface area contributed by atoms with E-state index >= 15 is 0 Å². The highest BCUT2D eigenvalue weighted by Crippen LogP contribution is 2.29. The van der Waals surface area contributed by atoms with Crippen LogP contribution in [0.4, 0.5) is 0 Å². The standard InChI is InChI=1S/C18H26N2O/c1-14-10-11-16(13-15-7-4-5-8-17(14)15)19-18(21)9-6-12-20(2)3/h4-9,14,16H,10-13H2,1-3H3,(H,19,21)/b9-6+. The summed E-state index contributed by atoms with van der Waals surface area (Å²) in [6.45, 7) is 3.07. The molecule has 1 N–H and O–H groups in total. The van der Waals surface area contributed by atoms with E-state index in [-0.39, 0.29) is 11.9 Å². The van der Waals surface area contributed by atoms with E-state index in [1.807, 2.05) is 25.1 Å². The molecule has 1 aliphatic rings. The first kappa shape index (κ1) is 15.8. The molecule has 2 atom stereocenters. The molecule has 2 rings (SSSR count). The minimum atomic E-state index is 0.0221. The molecule has 0 fully saturated rings. The van der Waals surface area contributed by atoms with Crippen LogP contribution in [-0.4, -0.2) is 37.5 Å². The Balaban J connectivity index is 1.96. The van der Waals surface area contributed by atoms with Gasteiger partial charge in [-0.3, -0.25) is 4.79 Å². The zero-order valence-corrected chi connectivity index (χ0v) is 13.3. The van der Waals surface area contributed by atoms with Crippen molar-refractivity contribution < 1.29 is 4.79 Å². The molecular formula is C18H26N2O. The highest BCUT2D eigenvalue weighted by atomic mass is 16.1. The van der Waals surface area contributed by atoms with Crippen molar-refractivity contribution in [2.24, 2.45) is 0 Å². The molecule has 2 unspecified atom stereocenters. The molecule has 1 aromatic carbocycles. The first-order valence-electron chi connectivity index (χ1n) is 7.76. The van der Waals surface area contributed by atoms with Crippen molar-refractivity contribution in [1.82, 2.24) is 10.2 Å². The average molecular weight is 286 g/mol. The molecule has 1 amide bonds. The van der Waals surface area contributed by atoms with Crippen molar-refractivity contribution in [1.29, 1.82) is 0 Å². The Morgan fingerprint density at radius 3 is 2.86 bits per heavy atom. The Kier molecular flexibility index (Phi) is 5.57. The fourth-order valence-corrected chi connectivity index (χ4v) is 2.92. The van der Waals surface area contributed by atoms with Crippen LogP contribution in [0.3, 0.4) is 0 Å². The second-order valence-electron chi connectivity index (χ2n) is 6.25. The van der Waals surface area contributed by atoms with E-state index in [4.69, 9.17) is 0 Å². The molecule has 0 heterocycles. The number of nitrogens with one attached hydrogen (secondary N) is 1. The van der Waals surface area contributed by atoms with Crippen LogP contribution in [-0.2, 0) is 11.2 Å². The largest absolute Gasteiger partial charge is 0.349 e. The molecule has 0 bridgehead atoms. The van der Waals surface area contributed by atoms with Gasteiger partial charge in [0, 0.05) is 18.7 Å². The summed E-state index contributed by atoms with van der Waals surface area (Å²) in [6, 6.07) is 8.86. The third kappa shape index (κ3) is 4.71. The Hall–Kier alpha value is -1.61. The van der Waals surface area contributed by atoms with Gasteiger partial charge in [0.15, 0.2) is 0 Å². The van der Waals surface area contributed by atoms with E-state index < -0.39 is 0 Å². The summed E-state index contributed by atoms with van der Waals surface area (Å²) in [4.78, 5) is 14.0.